The number of aromatic amines is 1. The predicted octanol–water partition coefficient (Wildman–Crippen LogP) is 4.34. The molecular weight excluding hydrogens is 439 g/mol. The van der Waals surface area contributed by atoms with Crippen LogP contribution < -0.4 is 20.7 Å². The summed E-state index contributed by atoms with van der Waals surface area (Å²) >= 11 is 18.0. The number of carbonyl (C=O) groups excluding carboxylic acids is 1. The molecule has 0 aliphatic carbocycles. The second-order valence-corrected chi connectivity index (χ2v) is 8.40. The molecule has 0 aliphatic rings. The number of benzene rings is 1. The Hall–Kier alpha value is -2.42. The molecule has 0 fully saturated rings. The first-order valence-electron chi connectivity index (χ1n) is 8.69. The molecule has 0 saturated carbocycles. The lowest BCUT2D eigenvalue weighted by Crippen LogP contribution is -2.49. The number of alkyl halides is 3. The molecule has 3 rings (SSSR count). The largest absolute Gasteiger partial charge is 0.497 e. The van der Waals surface area contributed by atoms with Crippen LogP contribution in [-0.2, 0) is 4.79 Å². The lowest BCUT2D eigenvalue weighted by Gasteiger charge is -2.26. The second-order valence-electron chi connectivity index (χ2n) is 6.03. The lowest BCUT2D eigenvalue weighted by molar-refractivity contribution is -0.121. The molecule has 29 heavy (non-hydrogen) atoms. The third kappa shape index (κ3) is 5.35. The Morgan fingerprint density at radius 3 is 2.55 bits per heavy atom. The molecule has 2 heterocycles. The van der Waals surface area contributed by atoms with Crippen molar-refractivity contribution < 1.29 is 9.53 Å². The van der Waals surface area contributed by atoms with Crippen molar-refractivity contribution in [3.8, 4) is 5.75 Å². The van der Waals surface area contributed by atoms with Crippen LogP contribution in [0.3, 0.4) is 0 Å². The Balaban J connectivity index is 1.91. The SMILES string of the molecule is CCC(=O)NC(Nc1nc(Nc2ccc(OC)cc2)c2cc[nH]c2n1)C(Cl)(Cl)Cl. The van der Waals surface area contributed by atoms with E-state index in [1.54, 1.807) is 20.2 Å². The zero-order valence-electron chi connectivity index (χ0n) is 15.6. The molecule has 0 spiro atoms. The minimum Gasteiger partial charge on any atom is -0.497 e. The summed E-state index contributed by atoms with van der Waals surface area (Å²) in [4.78, 5) is 23.7. The fourth-order valence-corrected chi connectivity index (χ4v) is 2.83. The van der Waals surface area contributed by atoms with E-state index in [2.05, 4.69) is 30.9 Å². The molecule has 0 bridgehead atoms. The number of ether oxygens (including phenoxy) is 1. The molecule has 1 aromatic carbocycles. The number of nitrogens with zero attached hydrogens (tertiary/aromatic N) is 2. The standard InChI is InChI=1S/C18H19Cl3N6O2/c1-3-13(28)24-16(18(19,20)21)27-17-25-14-12(8-9-22-14)15(26-17)23-10-4-6-11(29-2)7-5-10/h4-9,16H,3H2,1-2H3,(H,24,28)(H3,22,23,25,26,27). The maximum absolute atomic E-state index is 11.8. The number of hydrogen-bond donors (Lipinski definition) is 4. The van der Waals surface area contributed by atoms with Gasteiger partial charge in [0, 0.05) is 18.3 Å². The summed E-state index contributed by atoms with van der Waals surface area (Å²) in [5.41, 5.74) is 1.37. The Morgan fingerprint density at radius 1 is 1.21 bits per heavy atom. The number of amides is 1. The van der Waals surface area contributed by atoms with Crippen molar-refractivity contribution in [3.05, 3.63) is 36.5 Å². The fraction of sp³-hybridized carbons (Fsp3) is 0.278. The van der Waals surface area contributed by atoms with Crippen LogP contribution in [0, 0.1) is 0 Å². The number of hydrogen-bond acceptors (Lipinski definition) is 6. The van der Waals surface area contributed by atoms with Crippen molar-refractivity contribution in [1.29, 1.82) is 0 Å². The van der Waals surface area contributed by atoms with Crippen LogP contribution in [0.2, 0.25) is 0 Å². The van der Waals surface area contributed by atoms with E-state index < -0.39 is 9.96 Å². The number of aromatic nitrogens is 3. The normalized spacial score (nSPS) is 12.4. The van der Waals surface area contributed by atoms with E-state index in [9.17, 15) is 4.79 Å². The molecule has 154 valence electrons. The minimum absolute atomic E-state index is 0.170. The highest BCUT2D eigenvalue weighted by atomic mass is 35.6. The summed E-state index contributed by atoms with van der Waals surface area (Å²) < 4.78 is 3.36. The number of carbonyl (C=O) groups is 1. The van der Waals surface area contributed by atoms with E-state index in [0.29, 0.717) is 11.5 Å². The van der Waals surface area contributed by atoms with Gasteiger partial charge < -0.3 is 25.7 Å². The quantitative estimate of drug-likeness (QED) is 0.311. The monoisotopic (exact) mass is 456 g/mol. The van der Waals surface area contributed by atoms with Crippen LogP contribution in [0.25, 0.3) is 11.0 Å². The highest BCUT2D eigenvalue weighted by Crippen LogP contribution is 2.32. The Bertz CT molecular complexity index is 987. The van der Waals surface area contributed by atoms with Crippen LogP contribution in [0.5, 0.6) is 5.75 Å². The maximum atomic E-state index is 11.8. The van der Waals surface area contributed by atoms with Gasteiger partial charge in [0.05, 0.1) is 12.5 Å². The first-order valence-corrected chi connectivity index (χ1v) is 9.82. The first-order chi connectivity index (χ1) is 13.8. The Morgan fingerprint density at radius 2 is 1.93 bits per heavy atom. The van der Waals surface area contributed by atoms with Crippen molar-refractivity contribution in [2.75, 3.05) is 17.7 Å². The molecule has 1 amide bonds. The number of fused-ring (bicyclic) bond motifs is 1. The molecule has 0 radical (unpaired) electrons. The van der Waals surface area contributed by atoms with Crippen LogP contribution in [-0.4, -0.2) is 37.9 Å². The Kier molecular flexibility index (Phi) is 6.56. The van der Waals surface area contributed by atoms with E-state index in [4.69, 9.17) is 39.5 Å². The van der Waals surface area contributed by atoms with Gasteiger partial charge in [-0.3, -0.25) is 4.79 Å². The van der Waals surface area contributed by atoms with Crippen molar-refractivity contribution in [2.45, 2.75) is 23.3 Å². The molecule has 11 heteroatoms. The molecule has 1 unspecified atom stereocenters. The molecule has 0 aliphatic heterocycles. The van der Waals surface area contributed by atoms with Gasteiger partial charge in [0.25, 0.3) is 0 Å². The highest BCUT2D eigenvalue weighted by molar-refractivity contribution is 6.68. The zero-order chi connectivity index (χ0) is 21.0. The number of nitrogens with one attached hydrogen (secondary N) is 4. The molecular formula is C18H19Cl3N6O2. The molecule has 2 aromatic heterocycles. The van der Waals surface area contributed by atoms with Crippen LogP contribution in [0.15, 0.2) is 36.5 Å². The van der Waals surface area contributed by atoms with Gasteiger partial charge in [0.1, 0.15) is 23.4 Å². The third-order valence-electron chi connectivity index (χ3n) is 4.00. The topological polar surface area (TPSA) is 104 Å². The van der Waals surface area contributed by atoms with Gasteiger partial charge in [-0.1, -0.05) is 41.7 Å². The zero-order valence-corrected chi connectivity index (χ0v) is 17.9. The van der Waals surface area contributed by atoms with Gasteiger partial charge in [0.15, 0.2) is 0 Å². The van der Waals surface area contributed by atoms with Crippen molar-refractivity contribution in [1.82, 2.24) is 20.3 Å². The van der Waals surface area contributed by atoms with Gasteiger partial charge in [-0.15, -0.1) is 0 Å². The number of rotatable bonds is 7. The van der Waals surface area contributed by atoms with Crippen molar-refractivity contribution in [2.24, 2.45) is 0 Å². The van der Waals surface area contributed by atoms with E-state index in [0.717, 1.165) is 16.8 Å². The predicted molar refractivity (Wildman–Crippen MR) is 116 cm³/mol. The minimum atomic E-state index is -1.82. The van der Waals surface area contributed by atoms with Crippen LogP contribution in [0.1, 0.15) is 13.3 Å². The average molecular weight is 458 g/mol. The van der Waals surface area contributed by atoms with Gasteiger partial charge >= 0.3 is 0 Å². The summed E-state index contributed by atoms with van der Waals surface area (Å²) in [7, 11) is 1.60. The van der Waals surface area contributed by atoms with E-state index in [-0.39, 0.29) is 18.3 Å². The smallest absolute Gasteiger partial charge is 0.228 e. The lowest BCUT2D eigenvalue weighted by atomic mass is 10.3. The molecule has 4 N–H and O–H groups in total. The fourth-order valence-electron chi connectivity index (χ4n) is 2.50. The van der Waals surface area contributed by atoms with E-state index >= 15 is 0 Å². The third-order valence-corrected chi connectivity index (χ3v) is 4.65. The van der Waals surface area contributed by atoms with Gasteiger partial charge in [-0.25, -0.2) is 0 Å². The van der Waals surface area contributed by atoms with Crippen molar-refractivity contribution in [3.63, 3.8) is 0 Å². The molecule has 3 aromatic rings. The van der Waals surface area contributed by atoms with Crippen LogP contribution in [0.4, 0.5) is 17.5 Å². The summed E-state index contributed by atoms with van der Waals surface area (Å²) in [5.74, 6) is 1.16. The van der Waals surface area contributed by atoms with E-state index in [1.165, 1.54) is 0 Å². The van der Waals surface area contributed by atoms with Gasteiger partial charge in [-0.2, -0.15) is 9.97 Å². The number of anilines is 3. The average Bonchev–Trinajstić information content (AvgIpc) is 3.16. The van der Waals surface area contributed by atoms with Crippen LogP contribution >= 0.6 is 34.8 Å². The maximum Gasteiger partial charge on any atom is 0.228 e. The summed E-state index contributed by atoms with van der Waals surface area (Å²) in [5, 5.41) is 9.50. The summed E-state index contributed by atoms with van der Waals surface area (Å²) in [6, 6.07) is 9.22. The van der Waals surface area contributed by atoms with Gasteiger partial charge in [0.2, 0.25) is 15.6 Å². The molecule has 0 saturated heterocycles. The number of halogens is 3. The number of H-pyrrole nitrogens is 1. The highest BCUT2D eigenvalue weighted by Gasteiger charge is 2.34. The molecule has 8 nitrogen and oxygen atoms in total. The molecule has 1 atom stereocenters. The first kappa shape index (κ1) is 21.3. The number of methoxy groups -OCH3 is 1. The van der Waals surface area contributed by atoms with Gasteiger partial charge in [-0.05, 0) is 30.3 Å². The summed E-state index contributed by atoms with van der Waals surface area (Å²) in [6.07, 6.45) is 0.953. The second kappa shape index (κ2) is 8.94. The van der Waals surface area contributed by atoms with Crippen molar-refractivity contribution >= 4 is 69.2 Å². The summed E-state index contributed by atoms with van der Waals surface area (Å²) in [6.45, 7) is 1.70. The Labute approximate surface area is 182 Å². The van der Waals surface area contributed by atoms with E-state index in [1.807, 2.05) is 30.3 Å².